The molecule has 21 heavy (non-hydrogen) atoms. The summed E-state index contributed by atoms with van der Waals surface area (Å²) < 4.78 is 5.78. The Bertz CT molecular complexity index is 626. The maximum atomic E-state index is 11.6. The van der Waals surface area contributed by atoms with E-state index in [0.717, 1.165) is 11.3 Å². The summed E-state index contributed by atoms with van der Waals surface area (Å²) >= 11 is 0. The average Bonchev–Trinajstić information content (AvgIpc) is 2.52. The van der Waals surface area contributed by atoms with Crippen LogP contribution in [0.25, 0.3) is 0 Å². The molecule has 0 spiro atoms. The van der Waals surface area contributed by atoms with E-state index < -0.39 is 0 Å². The van der Waals surface area contributed by atoms with E-state index in [1.165, 1.54) is 5.56 Å². The van der Waals surface area contributed by atoms with Crippen LogP contribution in [0.4, 0.5) is 0 Å². The van der Waals surface area contributed by atoms with Gasteiger partial charge in [0.25, 0.3) is 0 Å². The molecular weight excluding hydrogens is 260 g/mol. The Labute approximate surface area is 125 Å². The van der Waals surface area contributed by atoms with E-state index in [9.17, 15) is 4.79 Å². The van der Waals surface area contributed by atoms with E-state index in [4.69, 9.17) is 4.74 Å². The molecule has 1 unspecified atom stereocenters. The van der Waals surface area contributed by atoms with Crippen molar-refractivity contribution in [1.82, 2.24) is 0 Å². The van der Waals surface area contributed by atoms with Crippen LogP contribution < -0.4 is 4.74 Å². The first-order valence-corrected chi connectivity index (χ1v) is 7.37. The van der Waals surface area contributed by atoms with Crippen molar-refractivity contribution >= 4 is 5.78 Å². The van der Waals surface area contributed by atoms with E-state index >= 15 is 0 Å². The van der Waals surface area contributed by atoms with Gasteiger partial charge in [-0.2, -0.15) is 0 Å². The molecule has 0 saturated heterocycles. The lowest BCUT2D eigenvalue weighted by molar-refractivity contribution is -0.137. The number of ketones is 1. The summed E-state index contributed by atoms with van der Waals surface area (Å²) in [5.41, 5.74) is 2.17. The van der Waals surface area contributed by atoms with Gasteiger partial charge in [-0.15, -0.1) is 0 Å². The zero-order valence-corrected chi connectivity index (χ0v) is 12.5. The van der Waals surface area contributed by atoms with Gasteiger partial charge in [0.15, 0.2) is 0 Å². The van der Waals surface area contributed by atoms with Crippen molar-refractivity contribution in [2.24, 2.45) is 5.41 Å². The molecule has 0 radical (unpaired) electrons. The van der Waals surface area contributed by atoms with Crippen LogP contribution in [0.1, 0.15) is 37.3 Å². The molecule has 2 aromatic carbocycles. The van der Waals surface area contributed by atoms with E-state index in [2.05, 4.69) is 24.3 Å². The predicted molar refractivity (Wildman–Crippen MR) is 83.4 cm³/mol. The predicted octanol–water partition coefficient (Wildman–Crippen LogP) is 4.35. The maximum absolute atomic E-state index is 11.6. The highest BCUT2D eigenvalue weighted by Crippen LogP contribution is 2.49. The van der Waals surface area contributed by atoms with Gasteiger partial charge in [-0.05, 0) is 23.3 Å². The summed E-state index contributed by atoms with van der Waals surface area (Å²) in [5.74, 6) is 1.57. The van der Waals surface area contributed by atoms with Crippen LogP contribution in [0, 0.1) is 5.41 Å². The fourth-order valence-electron chi connectivity index (χ4n) is 2.84. The third-order valence-electron chi connectivity index (χ3n) is 4.51. The van der Waals surface area contributed by atoms with Gasteiger partial charge in [-0.25, -0.2) is 0 Å². The molecule has 2 heteroatoms. The smallest absolute Gasteiger partial charge is 0.139 e. The Balaban J connectivity index is 1.64. The molecule has 1 aliphatic carbocycles. The minimum atomic E-state index is -0.216. The quantitative estimate of drug-likeness (QED) is 0.832. The van der Waals surface area contributed by atoms with E-state index in [-0.39, 0.29) is 5.41 Å². The summed E-state index contributed by atoms with van der Waals surface area (Å²) in [6.07, 6.45) is 0.664. The van der Waals surface area contributed by atoms with Gasteiger partial charge >= 0.3 is 0 Å². The zero-order valence-electron chi connectivity index (χ0n) is 12.5. The van der Waals surface area contributed by atoms with Gasteiger partial charge in [-0.3, -0.25) is 4.79 Å². The molecule has 0 N–H and O–H groups in total. The fraction of sp³-hybridized carbons (Fsp3) is 0.316. The normalized spacial score (nSPS) is 19.9. The first-order valence-electron chi connectivity index (χ1n) is 7.37. The molecule has 0 heterocycles. The first kappa shape index (κ1) is 13.9. The third-order valence-corrected chi connectivity index (χ3v) is 4.51. The summed E-state index contributed by atoms with van der Waals surface area (Å²) in [5, 5.41) is 0. The number of Topliss-reactive ketones (excluding diaryl/α,β-unsaturated/α-hetero) is 1. The molecule has 0 aliphatic heterocycles. The largest absolute Gasteiger partial charge is 0.489 e. The van der Waals surface area contributed by atoms with Crippen molar-refractivity contribution in [3.63, 3.8) is 0 Å². The van der Waals surface area contributed by atoms with Crippen LogP contribution >= 0.6 is 0 Å². The average molecular weight is 280 g/mol. The molecule has 108 valence electrons. The Morgan fingerprint density at radius 1 is 1.05 bits per heavy atom. The second-order valence-corrected chi connectivity index (χ2v) is 6.24. The van der Waals surface area contributed by atoms with E-state index in [1.807, 2.05) is 44.2 Å². The van der Waals surface area contributed by atoms with Crippen LogP contribution in [0.2, 0.25) is 0 Å². The summed E-state index contributed by atoms with van der Waals surface area (Å²) in [4.78, 5) is 11.6. The molecule has 1 atom stereocenters. The van der Waals surface area contributed by atoms with Crippen LogP contribution in [0.5, 0.6) is 5.75 Å². The monoisotopic (exact) mass is 280 g/mol. The topological polar surface area (TPSA) is 26.3 Å². The van der Waals surface area contributed by atoms with Gasteiger partial charge in [0, 0.05) is 17.8 Å². The molecule has 2 nitrogen and oxygen atoms in total. The Morgan fingerprint density at radius 3 is 2.29 bits per heavy atom. The van der Waals surface area contributed by atoms with Gasteiger partial charge in [0.05, 0.1) is 0 Å². The van der Waals surface area contributed by atoms with Crippen LogP contribution in [0.15, 0.2) is 54.6 Å². The molecule has 1 fully saturated rings. The Morgan fingerprint density at radius 2 is 1.71 bits per heavy atom. The third kappa shape index (κ3) is 2.71. The molecule has 1 saturated carbocycles. The molecule has 3 rings (SSSR count). The van der Waals surface area contributed by atoms with E-state index in [1.54, 1.807) is 0 Å². The SMILES string of the molecule is CC1(C)C(=O)CC1c1ccc(OCc2ccccc2)cc1. The van der Waals surface area contributed by atoms with Crippen LogP contribution in [-0.2, 0) is 11.4 Å². The summed E-state index contributed by atoms with van der Waals surface area (Å²) in [6.45, 7) is 4.64. The Kier molecular flexibility index (Phi) is 3.54. The zero-order chi connectivity index (χ0) is 14.9. The highest BCUT2D eigenvalue weighted by Gasteiger charge is 2.47. The molecular formula is C19H20O2. The Hall–Kier alpha value is -2.09. The molecule has 1 aliphatic rings. The number of carbonyl (C=O) groups is 1. The molecule has 0 bridgehead atoms. The van der Waals surface area contributed by atoms with Crippen molar-refractivity contribution in [2.75, 3.05) is 0 Å². The van der Waals surface area contributed by atoms with Crippen LogP contribution in [0.3, 0.4) is 0 Å². The number of hydrogen-bond donors (Lipinski definition) is 0. The van der Waals surface area contributed by atoms with Crippen molar-refractivity contribution in [2.45, 2.75) is 32.8 Å². The lowest BCUT2D eigenvalue weighted by Crippen LogP contribution is -2.43. The number of carbonyl (C=O) groups excluding carboxylic acids is 1. The van der Waals surface area contributed by atoms with Crippen molar-refractivity contribution < 1.29 is 9.53 Å². The highest BCUT2D eigenvalue weighted by atomic mass is 16.5. The summed E-state index contributed by atoms with van der Waals surface area (Å²) in [7, 11) is 0. The number of ether oxygens (including phenoxy) is 1. The van der Waals surface area contributed by atoms with Crippen molar-refractivity contribution in [3.8, 4) is 5.75 Å². The molecule has 0 amide bonds. The fourth-order valence-corrected chi connectivity index (χ4v) is 2.84. The summed E-state index contributed by atoms with van der Waals surface area (Å²) in [6, 6.07) is 18.3. The molecule has 2 aromatic rings. The second-order valence-electron chi connectivity index (χ2n) is 6.24. The number of benzene rings is 2. The van der Waals surface area contributed by atoms with E-state index in [0.29, 0.717) is 24.7 Å². The molecule has 0 aromatic heterocycles. The van der Waals surface area contributed by atoms with Gasteiger partial charge in [0.1, 0.15) is 18.1 Å². The maximum Gasteiger partial charge on any atom is 0.139 e. The minimum Gasteiger partial charge on any atom is -0.489 e. The van der Waals surface area contributed by atoms with Gasteiger partial charge in [-0.1, -0.05) is 56.3 Å². The highest BCUT2D eigenvalue weighted by molar-refractivity contribution is 5.92. The van der Waals surface area contributed by atoms with Gasteiger partial charge in [0.2, 0.25) is 0 Å². The van der Waals surface area contributed by atoms with Gasteiger partial charge < -0.3 is 4.74 Å². The lowest BCUT2D eigenvalue weighted by Gasteiger charge is -2.42. The first-order chi connectivity index (χ1) is 10.1. The van der Waals surface area contributed by atoms with Crippen LogP contribution in [-0.4, -0.2) is 5.78 Å². The minimum absolute atomic E-state index is 0.216. The second kappa shape index (κ2) is 5.36. The lowest BCUT2D eigenvalue weighted by atomic mass is 9.59. The number of hydrogen-bond acceptors (Lipinski definition) is 2. The number of rotatable bonds is 4. The van der Waals surface area contributed by atoms with Crippen molar-refractivity contribution in [3.05, 3.63) is 65.7 Å². The van der Waals surface area contributed by atoms with Crippen molar-refractivity contribution in [1.29, 1.82) is 0 Å². The standard InChI is InChI=1S/C19H20O2/c1-19(2)17(12-18(19)20)15-8-10-16(11-9-15)21-13-14-6-4-3-5-7-14/h3-11,17H,12-13H2,1-2H3.